The molecule has 1 aliphatic heterocycles. The van der Waals surface area contributed by atoms with E-state index in [0.717, 1.165) is 17.5 Å². The highest BCUT2D eigenvalue weighted by Crippen LogP contribution is 2.23. The molecule has 1 amide bonds. The zero-order valence-corrected chi connectivity index (χ0v) is 15.6. The topological polar surface area (TPSA) is 71.4 Å². The van der Waals surface area contributed by atoms with E-state index in [4.69, 9.17) is 0 Å². The summed E-state index contributed by atoms with van der Waals surface area (Å²) in [6.07, 6.45) is 2.42. The third-order valence-corrected chi connectivity index (χ3v) is 5.61. The molecule has 25 heavy (non-hydrogen) atoms. The van der Waals surface area contributed by atoms with E-state index in [9.17, 15) is 13.2 Å². The number of aromatic nitrogens is 1. The van der Waals surface area contributed by atoms with Gasteiger partial charge in [0.05, 0.1) is 0 Å². The van der Waals surface area contributed by atoms with Crippen molar-refractivity contribution in [3.05, 3.63) is 47.3 Å². The molecule has 1 aromatic carbocycles. The van der Waals surface area contributed by atoms with Crippen LogP contribution in [0.4, 0.5) is 5.69 Å². The number of benzene rings is 1. The second-order valence-corrected chi connectivity index (χ2v) is 8.21. The molecule has 2 heterocycles. The molecule has 0 unspecified atom stereocenters. The highest BCUT2D eigenvalue weighted by Gasteiger charge is 2.28. The van der Waals surface area contributed by atoms with Gasteiger partial charge in [-0.15, -0.1) is 0 Å². The van der Waals surface area contributed by atoms with Crippen LogP contribution in [0.25, 0.3) is 0 Å². The minimum Gasteiger partial charge on any atom is -0.340 e. The van der Waals surface area contributed by atoms with E-state index in [2.05, 4.69) is 4.72 Å². The van der Waals surface area contributed by atoms with E-state index in [0.29, 0.717) is 31.0 Å². The largest absolute Gasteiger partial charge is 0.340 e. The van der Waals surface area contributed by atoms with E-state index < -0.39 is 10.0 Å². The molecule has 1 aromatic heterocycles. The van der Waals surface area contributed by atoms with Crippen molar-refractivity contribution in [2.45, 2.75) is 38.6 Å². The number of anilines is 1. The van der Waals surface area contributed by atoms with Crippen LogP contribution in [0.5, 0.6) is 0 Å². The van der Waals surface area contributed by atoms with Crippen LogP contribution >= 0.6 is 0 Å². The van der Waals surface area contributed by atoms with Gasteiger partial charge in [0, 0.05) is 31.5 Å². The van der Waals surface area contributed by atoms with Gasteiger partial charge < -0.3 is 9.47 Å². The monoisotopic (exact) mass is 361 g/mol. The summed E-state index contributed by atoms with van der Waals surface area (Å²) >= 11 is 0. The van der Waals surface area contributed by atoms with Crippen LogP contribution in [0, 0.1) is 13.8 Å². The molecule has 6 nitrogen and oxygen atoms in total. The van der Waals surface area contributed by atoms with Crippen molar-refractivity contribution in [1.29, 1.82) is 0 Å². The first-order chi connectivity index (χ1) is 11.8. The first-order valence-electron chi connectivity index (χ1n) is 8.40. The van der Waals surface area contributed by atoms with E-state index >= 15 is 0 Å². The highest BCUT2D eigenvalue weighted by molar-refractivity contribution is 7.92. The number of aryl methyl sites for hydroxylation is 2. The fourth-order valence-corrected chi connectivity index (χ4v) is 4.30. The molecule has 2 aromatic rings. The predicted molar refractivity (Wildman–Crippen MR) is 97.4 cm³/mol. The van der Waals surface area contributed by atoms with Gasteiger partial charge in [0.15, 0.2) is 0 Å². The molecule has 0 radical (unpaired) electrons. The second-order valence-electron chi connectivity index (χ2n) is 6.53. The van der Waals surface area contributed by atoms with Gasteiger partial charge in [0.2, 0.25) is 0 Å². The Hall–Kier alpha value is -2.28. The van der Waals surface area contributed by atoms with Gasteiger partial charge in [-0.1, -0.05) is 13.0 Å². The maximum atomic E-state index is 12.7. The Labute approximate surface area is 148 Å². The number of nitrogens with one attached hydrogen (secondary N) is 1. The number of fused-ring (bicyclic) bond motifs is 1. The Kier molecular flexibility index (Phi) is 4.60. The van der Waals surface area contributed by atoms with Crippen molar-refractivity contribution >= 4 is 21.6 Å². The lowest BCUT2D eigenvalue weighted by Crippen LogP contribution is -2.40. The fraction of sp³-hybridized carbons (Fsp3) is 0.389. The van der Waals surface area contributed by atoms with Crippen LogP contribution in [-0.2, 0) is 16.6 Å². The van der Waals surface area contributed by atoms with Crippen LogP contribution in [0.15, 0.2) is 35.4 Å². The molecule has 3 rings (SSSR count). The second kappa shape index (κ2) is 6.55. The number of hydrogen-bond acceptors (Lipinski definition) is 3. The molecule has 0 atom stereocenters. The summed E-state index contributed by atoms with van der Waals surface area (Å²) in [6.45, 7) is 7.77. The summed E-state index contributed by atoms with van der Waals surface area (Å²) in [6, 6.07) is 7.02. The van der Waals surface area contributed by atoms with Crippen molar-refractivity contribution in [2.24, 2.45) is 0 Å². The number of amides is 1. The zero-order chi connectivity index (χ0) is 18.2. The Morgan fingerprint density at radius 1 is 1.08 bits per heavy atom. The number of sulfonamides is 1. The van der Waals surface area contributed by atoms with Crippen molar-refractivity contribution < 1.29 is 13.2 Å². The Morgan fingerprint density at radius 2 is 1.76 bits per heavy atom. The van der Waals surface area contributed by atoms with Crippen LogP contribution in [0.2, 0.25) is 0 Å². The van der Waals surface area contributed by atoms with Gasteiger partial charge >= 0.3 is 0 Å². The lowest BCUT2D eigenvalue weighted by Gasteiger charge is -2.27. The van der Waals surface area contributed by atoms with Crippen LogP contribution in [0.1, 0.15) is 35.0 Å². The Bertz CT molecular complexity index is 895. The maximum absolute atomic E-state index is 12.7. The third-order valence-electron chi connectivity index (χ3n) is 4.27. The van der Waals surface area contributed by atoms with Gasteiger partial charge in [0.25, 0.3) is 15.9 Å². The minimum atomic E-state index is -3.74. The summed E-state index contributed by atoms with van der Waals surface area (Å²) in [5.41, 5.74) is 2.93. The normalized spacial score (nSPS) is 14.5. The van der Waals surface area contributed by atoms with Gasteiger partial charge in [-0.3, -0.25) is 9.52 Å². The summed E-state index contributed by atoms with van der Waals surface area (Å²) in [5.74, 6) is -0.110. The number of hydrogen-bond donors (Lipinski definition) is 1. The number of rotatable bonds is 5. The van der Waals surface area contributed by atoms with Crippen molar-refractivity contribution in [3.63, 3.8) is 0 Å². The van der Waals surface area contributed by atoms with Crippen molar-refractivity contribution in [1.82, 2.24) is 9.47 Å². The average Bonchev–Trinajstić information content (AvgIpc) is 2.95. The van der Waals surface area contributed by atoms with Gasteiger partial charge in [0.1, 0.15) is 10.6 Å². The molecular weight excluding hydrogens is 338 g/mol. The Balaban J connectivity index is 1.89. The smallest absolute Gasteiger partial charge is 0.270 e. The molecule has 0 bridgehead atoms. The lowest BCUT2D eigenvalue weighted by molar-refractivity contribution is 0.0705. The molecule has 0 aliphatic carbocycles. The number of carbonyl (C=O) groups excluding carboxylic acids is 1. The number of nitrogens with zero attached hydrogens (tertiary/aromatic N) is 2. The summed E-state index contributed by atoms with van der Waals surface area (Å²) in [5, 5.41) is 0. The third kappa shape index (κ3) is 3.56. The molecule has 7 heteroatoms. The van der Waals surface area contributed by atoms with E-state index in [1.807, 2.05) is 26.8 Å². The average molecular weight is 361 g/mol. The van der Waals surface area contributed by atoms with E-state index in [-0.39, 0.29) is 10.8 Å². The van der Waals surface area contributed by atoms with Crippen LogP contribution in [-0.4, -0.2) is 36.9 Å². The van der Waals surface area contributed by atoms with Crippen LogP contribution < -0.4 is 4.72 Å². The molecule has 0 saturated carbocycles. The molecular formula is C18H23N3O3S. The van der Waals surface area contributed by atoms with Crippen molar-refractivity contribution in [2.75, 3.05) is 17.8 Å². The lowest BCUT2D eigenvalue weighted by atomic mass is 10.1. The summed E-state index contributed by atoms with van der Waals surface area (Å²) in [4.78, 5) is 14.4. The zero-order valence-electron chi connectivity index (χ0n) is 14.7. The van der Waals surface area contributed by atoms with Gasteiger partial charge in [-0.2, -0.15) is 0 Å². The quantitative estimate of drug-likeness (QED) is 0.890. The minimum absolute atomic E-state index is 0.110. The molecule has 1 aliphatic rings. The molecule has 1 N–H and O–H groups in total. The molecule has 0 fully saturated rings. The Morgan fingerprint density at radius 3 is 2.40 bits per heavy atom. The first kappa shape index (κ1) is 17.5. The SMILES string of the molecule is CCCN1CCn2cc(S(=O)(=O)Nc3cc(C)cc(C)c3)cc2C1=O. The molecule has 0 saturated heterocycles. The molecule has 134 valence electrons. The summed E-state index contributed by atoms with van der Waals surface area (Å²) < 4.78 is 29.8. The number of carbonyl (C=O) groups is 1. The fourth-order valence-electron chi connectivity index (χ4n) is 3.22. The van der Waals surface area contributed by atoms with Crippen LogP contribution in [0.3, 0.4) is 0 Å². The van der Waals surface area contributed by atoms with Gasteiger partial charge in [-0.25, -0.2) is 8.42 Å². The first-order valence-corrected chi connectivity index (χ1v) is 9.89. The predicted octanol–water partition coefficient (Wildman–Crippen LogP) is 2.77. The standard InChI is InChI=1S/C18H23N3O3S/c1-4-5-20-6-7-21-12-16(11-17(21)18(20)22)25(23,24)19-15-9-13(2)8-14(3)10-15/h8-12,19H,4-7H2,1-3H3. The van der Waals surface area contributed by atoms with Crippen molar-refractivity contribution in [3.8, 4) is 0 Å². The van der Waals surface area contributed by atoms with E-state index in [1.165, 1.54) is 6.07 Å². The summed E-state index contributed by atoms with van der Waals surface area (Å²) in [7, 11) is -3.74. The highest BCUT2D eigenvalue weighted by atomic mass is 32.2. The maximum Gasteiger partial charge on any atom is 0.270 e. The van der Waals surface area contributed by atoms with Gasteiger partial charge in [-0.05, 0) is 49.6 Å². The molecule has 0 spiro atoms. The van der Waals surface area contributed by atoms with E-state index in [1.54, 1.807) is 27.8 Å².